The number of hydrogen-bond acceptors (Lipinski definition) is 0. The van der Waals surface area contributed by atoms with Gasteiger partial charge in [-0.15, -0.1) is 0 Å². The molecule has 1 aromatic carbocycles. The van der Waals surface area contributed by atoms with E-state index < -0.39 is 0 Å². The normalized spacial score (nSPS) is 11.3. The molecule has 0 spiro atoms. The van der Waals surface area contributed by atoms with E-state index in [1.54, 1.807) is 0 Å². The first-order chi connectivity index (χ1) is 16.4. The number of aryl methyl sites for hydroxylation is 1. The van der Waals surface area contributed by atoms with Gasteiger partial charge in [0.05, 0.1) is 0 Å². The van der Waals surface area contributed by atoms with E-state index in [0.29, 0.717) is 0 Å². The van der Waals surface area contributed by atoms with Crippen molar-refractivity contribution < 1.29 is 0 Å². The maximum absolute atomic E-state index is 3.10. The highest BCUT2D eigenvalue weighted by Gasteiger charge is 1.97. The van der Waals surface area contributed by atoms with Gasteiger partial charge in [-0.3, -0.25) is 0 Å². The lowest BCUT2D eigenvalue weighted by Crippen LogP contribution is -1.86. The van der Waals surface area contributed by atoms with Crippen LogP contribution in [-0.4, -0.2) is 0 Å². The summed E-state index contributed by atoms with van der Waals surface area (Å²) < 4.78 is 0. The summed E-state index contributed by atoms with van der Waals surface area (Å²) in [6, 6.07) is 11.6. The van der Waals surface area contributed by atoms with Gasteiger partial charge in [0.15, 0.2) is 0 Å². The van der Waals surface area contributed by atoms with Crippen molar-refractivity contribution >= 4 is 0 Å². The molecule has 0 nitrogen and oxygen atoms in total. The minimum absolute atomic E-state index is 1.24. The molecule has 0 aliphatic heterocycles. The fourth-order valence-electron chi connectivity index (χ4n) is 5.06. The fourth-order valence-corrected chi connectivity index (χ4v) is 5.06. The van der Waals surface area contributed by atoms with Gasteiger partial charge < -0.3 is 0 Å². The molecule has 1 aromatic rings. The molecule has 0 unspecified atom stereocenters. The molecule has 0 heterocycles. The summed E-state index contributed by atoms with van der Waals surface area (Å²) in [4.78, 5) is 0. The van der Waals surface area contributed by atoms with Gasteiger partial charge in [0.2, 0.25) is 0 Å². The van der Waals surface area contributed by atoms with Crippen molar-refractivity contribution in [3.8, 4) is 0 Å². The van der Waals surface area contributed by atoms with E-state index in [4.69, 9.17) is 0 Å². The zero-order valence-electron chi connectivity index (χ0n) is 22.7. The van der Waals surface area contributed by atoms with Gasteiger partial charge in [-0.25, -0.2) is 0 Å². The highest BCUT2D eigenvalue weighted by Crippen LogP contribution is 2.16. The van der Waals surface area contributed by atoms with E-state index >= 15 is 0 Å². The molecular formula is C33H59. The Hall–Kier alpha value is -0.780. The minimum atomic E-state index is 1.24. The average molecular weight is 456 g/mol. The first kappa shape index (κ1) is 30.3. The summed E-state index contributed by atoms with van der Waals surface area (Å²) in [6.07, 6.45) is 37.8. The third-order valence-corrected chi connectivity index (χ3v) is 7.36. The van der Waals surface area contributed by atoms with Crippen molar-refractivity contribution in [2.75, 3.05) is 0 Å². The van der Waals surface area contributed by atoms with E-state index in [0.717, 1.165) is 0 Å². The molecule has 0 N–H and O–H groups in total. The molecule has 1 rings (SSSR count). The Morgan fingerprint density at radius 1 is 0.394 bits per heavy atom. The second-order valence-corrected chi connectivity index (χ2v) is 10.6. The van der Waals surface area contributed by atoms with Gasteiger partial charge in [0.1, 0.15) is 0 Å². The Kier molecular flexibility index (Phi) is 23.7. The summed E-state index contributed by atoms with van der Waals surface area (Å²) in [7, 11) is 0. The Bertz CT molecular complexity index is 462. The van der Waals surface area contributed by atoms with Crippen molar-refractivity contribution in [1.29, 1.82) is 0 Å². The molecule has 0 aromatic heterocycles. The fraction of sp³-hybridized carbons (Fsp3) is 0.818. The first-order valence-electron chi connectivity index (χ1n) is 15.4. The summed E-state index contributed by atoms with van der Waals surface area (Å²) in [5.74, 6) is 0. The second-order valence-electron chi connectivity index (χ2n) is 10.6. The molecule has 0 fully saturated rings. The maximum Gasteiger partial charge on any atom is -0.0184 e. The summed E-state index contributed by atoms with van der Waals surface area (Å²) >= 11 is 0. The molecular weight excluding hydrogens is 396 g/mol. The van der Waals surface area contributed by atoms with Crippen LogP contribution in [0.3, 0.4) is 0 Å². The third-order valence-electron chi connectivity index (χ3n) is 7.36. The van der Waals surface area contributed by atoms with Gasteiger partial charge in [0.25, 0.3) is 0 Å². The first-order valence-corrected chi connectivity index (χ1v) is 15.4. The Balaban J connectivity index is 1.64. The zero-order valence-corrected chi connectivity index (χ0v) is 22.7. The van der Waals surface area contributed by atoms with E-state index in [2.05, 4.69) is 25.1 Å². The molecule has 0 bridgehead atoms. The van der Waals surface area contributed by atoms with Gasteiger partial charge in [-0.2, -0.15) is 0 Å². The van der Waals surface area contributed by atoms with Crippen LogP contribution in [0.4, 0.5) is 0 Å². The lowest BCUT2D eigenvalue weighted by molar-refractivity contribution is 0.516. The topological polar surface area (TPSA) is 0 Å². The van der Waals surface area contributed by atoms with Crippen LogP contribution in [0.15, 0.2) is 24.3 Å². The average Bonchev–Trinajstić information content (AvgIpc) is 2.84. The molecule has 0 aliphatic rings. The Morgan fingerprint density at radius 3 is 0.970 bits per heavy atom. The number of hydrogen-bond donors (Lipinski definition) is 0. The number of rotatable bonds is 26. The van der Waals surface area contributed by atoms with Crippen LogP contribution in [-0.2, 0) is 6.42 Å². The van der Waals surface area contributed by atoms with Crippen LogP contribution in [0.2, 0.25) is 0 Å². The van der Waals surface area contributed by atoms with Crippen molar-refractivity contribution in [2.45, 2.75) is 174 Å². The molecule has 0 saturated carbocycles. The van der Waals surface area contributed by atoms with Crippen LogP contribution < -0.4 is 0 Å². The van der Waals surface area contributed by atoms with Gasteiger partial charge in [-0.05, 0) is 24.5 Å². The highest BCUT2D eigenvalue weighted by atomic mass is 14.0. The lowest BCUT2D eigenvalue weighted by atomic mass is 10.0. The maximum atomic E-state index is 3.10. The molecule has 33 heavy (non-hydrogen) atoms. The van der Waals surface area contributed by atoms with Crippen LogP contribution in [0.25, 0.3) is 0 Å². The van der Waals surface area contributed by atoms with Gasteiger partial charge >= 0.3 is 0 Å². The standard InChI is InChI=1S/C33H59/c1-2-3-4-5-6-7-8-9-10-11-12-13-14-15-16-17-18-19-20-21-22-23-24-25-27-30-33-31-28-26-29-32-33/h28-29,31-32H,2-25,27,30H2,1H3. The van der Waals surface area contributed by atoms with E-state index in [9.17, 15) is 0 Å². The molecule has 0 saturated heterocycles. The quantitative estimate of drug-likeness (QED) is 0.122. The Labute approximate surface area is 209 Å². The van der Waals surface area contributed by atoms with Gasteiger partial charge in [-0.1, -0.05) is 185 Å². The van der Waals surface area contributed by atoms with Crippen LogP contribution in [0.5, 0.6) is 0 Å². The molecule has 0 amide bonds. The Morgan fingerprint density at radius 2 is 0.667 bits per heavy atom. The van der Waals surface area contributed by atoms with Crippen LogP contribution in [0, 0.1) is 6.07 Å². The molecule has 0 aliphatic carbocycles. The van der Waals surface area contributed by atoms with Crippen molar-refractivity contribution in [1.82, 2.24) is 0 Å². The molecule has 0 heteroatoms. The third kappa shape index (κ3) is 22.8. The minimum Gasteiger partial charge on any atom is -0.0654 e. The van der Waals surface area contributed by atoms with Crippen molar-refractivity contribution in [3.05, 3.63) is 35.9 Å². The van der Waals surface area contributed by atoms with Crippen LogP contribution in [0.1, 0.15) is 173 Å². The molecule has 1 radical (unpaired) electrons. The van der Waals surface area contributed by atoms with E-state index in [-0.39, 0.29) is 0 Å². The monoisotopic (exact) mass is 455 g/mol. The van der Waals surface area contributed by atoms with Crippen molar-refractivity contribution in [3.63, 3.8) is 0 Å². The summed E-state index contributed by atoms with van der Waals surface area (Å²) in [5, 5.41) is 0. The predicted octanol–water partition coefficient (Wildman–Crippen LogP) is 11.8. The van der Waals surface area contributed by atoms with E-state index in [1.165, 1.54) is 173 Å². The molecule has 191 valence electrons. The van der Waals surface area contributed by atoms with Crippen molar-refractivity contribution in [2.24, 2.45) is 0 Å². The second kappa shape index (κ2) is 25.8. The largest absolute Gasteiger partial charge is 0.0654 e. The zero-order chi connectivity index (χ0) is 23.5. The number of benzene rings is 1. The van der Waals surface area contributed by atoms with Gasteiger partial charge in [0, 0.05) is 0 Å². The lowest BCUT2D eigenvalue weighted by Gasteiger charge is -2.04. The summed E-state index contributed by atoms with van der Waals surface area (Å²) in [6.45, 7) is 2.30. The van der Waals surface area contributed by atoms with Crippen LogP contribution >= 0.6 is 0 Å². The predicted molar refractivity (Wildman–Crippen MR) is 150 cm³/mol. The molecule has 0 atom stereocenters. The number of unbranched alkanes of at least 4 members (excludes halogenated alkanes) is 24. The van der Waals surface area contributed by atoms with E-state index in [1.807, 2.05) is 12.1 Å². The summed E-state index contributed by atoms with van der Waals surface area (Å²) in [5.41, 5.74) is 1.47. The smallest absolute Gasteiger partial charge is 0.0184 e. The SMILES string of the molecule is CCCCCCCCCCCCCCCCCCCCCCCCCCCc1cc[c]cc1. The highest BCUT2D eigenvalue weighted by molar-refractivity contribution is 5.13.